The van der Waals surface area contributed by atoms with E-state index in [1.165, 1.54) is 30.0 Å². The molecule has 0 fully saturated rings. The Hall–Kier alpha value is -3.40. The number of carbonyl (C=O) groups is 1. The number of benzene rings is 2. The van der Waals surface area contributed by atoms with E-state index in [4.69, 9.17) is 5.73 Å². The molecule has 0 radical (unpaired) electrons. The lowest BCUT2D eigenvalue weighted by atomic mass is 10.2. The number of non-ortho nitro benzene ring substituents is 1. The molecular weight excluding hydrogens is 368 g/mol. The van der Waals surface area contributed by atoms with Crippen molar-refractivity contribution < 1.29 is 9.72 Å². The number of thioether (sulfide) groups is 1. The molecule has 27 heavy (non-hydrogen) atoms. The Balaban J connectivity index is 1.64. The zero-order valence-electron chi connectivity index (χ0n) is 14.3. The van der Waals surface area contributed by atoms with E-state index >= 15 is 0 Å². The van der Waals surface area contributed by atoms with Gasteiger partial charge in [0.2, 0.25) is 5.91 Å². The summed E-state index contributed by atoms with van der Waals surface area (Å²) in [7, 11) is 1.80. The molecule has 0 bridgehead atoms. The van der Waals surface area contributed by atoms with Crippen molar-refractivity contribution in [3.05, 3.63) is 58.6 Å². The predicted octanol–water partition coefficient (Wildman–Crippen LogP) is 2.70. The molecule has 9 nitrogen and oxygen atoms in total. The van der Waals surface area contributed by atoms with E-state index in [9.17, 15) is 14.9 Å². The fourth-order valence-corrected chi connectivity index (χ4v) is 3.11. The van der Waals surface area contributed by atoms with Gasteiger partial charge in [-0.15, -0.1) is 10.2 Å². The number of amides is 1. The number of aromatic nitrogens is 3. The van der Waals surface area contributed by atoms with Crippen molar-refractivity contribution in [3.63, 3.8) is 0 Å². The molecule has 10 heteroatoms. The highest BCUT2D eigenvalue weighted by Gasteiger charge is 2.14. The van der Waals surface area contributed by atoms with E-state index < -0.39 is 4.92 Å². The number of nitrogens with zero attached hydrogens (tertiary/aromatic N) is 4. The molecule has 3 N–H and O–H groups in total. The van der Waals surface area contributed by atoms with Crippen LogP contribution in [0.5, 0.6) is 0 Å². The molecular formula is C17H16N6O3S. The van der Waals surface area contributed by atoms with Crippen molar-refractivity contribution in [1.82, 2.24) is 14.8 Å². The van der Waals surface area contributed by atoms with E-state index in [1.807, 2.05) is 12.1 Å². The van der Waals surface area contributed by atoms with Gasteiger partial charge in [-0.05, 0) is 18.2 Å². The molecule has 0 aliphatic heterocycles. The Bertz CT molecular complexity index is 1000. The fourth-order valence-electron chi connectivity index (χ4n) is 2.39. The molecule has 0 unspecified atom stereocenters. The average Bonchev–Trinajstić information content (AvgIpc) is 3.01. The van der Waals surface area contributed by atoms with Crippen LogP contribution in [0.2, 0.25) is 0 Å². The summed E-state index contributed by atoms with van der Waals surface area (Å²) in [5, 5.41) is 22.2. The standard InChI is InChI=1S/C17H16N6O3S/c1-22-16(11-4-2-5-12(18)8-11)20-21-17(22)27-10-15(24)19-13-6-3-7-14(9-13)23(25)26/h2-9H,10,18H2,1H3,(H,19,24). The summed E-state index contributed by atoms with van der Waals surface area (Å²) in [5.74, 6) is 0.434. The first kappa shape index (κ1) is 18.4. The number of carbonyl (C=O) groups excluding carboxylic acids is 1. The summed E-state index contributed by atoms with van der Waals surface area (Å²) in [4.78, 5) is 22.4. The second-order valence-corrected chi connectivity index (χ2v) is 6.58. The van der Waals surface area contributed by atoms with Crippen LogP contribution in [0, 0.1) is 10.1 Å². The number of hydrogen-bond acceptors (Lipinski definition) is 7. The number of nitro benzene ring substituents is 1. The van der Waals surface area contributed by atoms with Gasteiger partial charge in [-0.25, -0.2) is 0 Å². The van der Waals surface area contributed by atoms with Gasteiger partial charge in [0.25, 0.3) is 5.69 Å². The molecule has 0 saturated heterocycles. The van der Waals surface area contributed by atoms with E-state index in [1.54, 1.807) is 29.8 Å². The first-order valence-corrected chi connectivity index (χ1v) is 8.85. The van der Waals surface area contributed by atoms with Gasteiger partial charge in [-0.2, -0.15) is 0 Å². The maximum absolute atomic E-state index is 12.1. The predicted molar refractivity (Wildman–Crippen MR) is 103 cm³/mol. The Kier molecular flexibility index (Phi) is 5.36. The van der Waals surface area contributed by atoms with Gasteiger partial charge in [0.1, 0.15) is 0 Å². The molecule has 2 aromatic carbocycles. The number of nitrogens with one attached hydrogen (secondary N) is 1. The van der Waals surface area contributed by atoms with Gasteiger partial charge in [-0.3, -0.25) is 14.9 Å². The summed E-state index contributed by atoms with van der Waals surface area (Å²) < 4.78 is 1.78. The summed E-state index contributed by atoms with van der Waals surface area (Å²) in [5.41, 5.74) is 7.54. The van der Waals surface area contributed by atoms with Crippen molar-refractivity contribution in [3.8, 4) is 11.4 Å². The van der Waals surface area contributed by atoms with Crippen LogP contribution in [-0.4, -0.2) is 31.3 Å². The van der Waals surface area contributed by atoms with Crippen molar-refractivity contribution in [1.29, 1.82) is 0 Å². The zero-order valence-corrected chi connectivity index (χ0v) is 15.1. The highest BCUT2D eigenvalue weighted by Crippen LogP contribution is 2.24. The summed E-state index contributed by atoms with van der Waals surface area (Å²) in [6.45, 7) is 0. The molecule has 0 aliphatic carbocycles. The van der Waals surface area contributed by atoms with Crippen molar-refractivity contribution in [2.75, 3.05) is 16.8 Å². The number of nitrogens with two attached hydrogens (primary N) is 1. The van der Waals surface area contributed by atoms with Crippen molar-refractivity contribution in [2.24, 2.45) is 7.05 Å². The lowest BCUT2D eigenvalue weighted by Gasteiger charge is -2.06. The minimum absolute atomic E-state index is 0.0828. The molecule has 3 aromatic rings. The lowest BCUT2D eigenvalue weighted by Crippen LogP contribution is -2.14. The van der Waals surface area contributed by atoms with E-state index in [-0.39, 0.29) is 17.3 Å². The maximum Gasteiger partial charge on any atom is 0.271 e. The minimum Gasteiger partial charge on any atom is -0.399 e. The Labute approximate surface area is 158 Å². The molecule has 0 saturated carbocycles. The van der Waals surface area contributed by atoms with E-state index in [0.717, 1.165) is 5.56 Å². The quantitative estimate of drug-likeness (QED) is 0.289. The number of hydrogen-bond donors (Lipinski definition) is 2. The molecule has 0 atom stereocenters. The van der Waals surface area contributed by atoms with Crippen LogP contribution < -0.4 is 11.1 Å². The second-order valence-electron chi connectivity index (χ2n) is 5.63. The molecule has 0 spiro atoms. The van der Waals surface area contributed by atoms with Gasteiger partial charge < -0.3 is 15.6 Å². The topological polar surface area (TPSA) is 129 Å². The molecule has 3 rings (SSSR count). The zero-order chi connectivity index (χ0) is 19.4. The Morgan fingerprint density at radius 3 is 2.78 bits per heavy atom. The molecule has 1 amide bonds. The third kappa shape index (κ3) is 4.42. The van der Waals surface area contributed by atoms with Crippen LogP contribution in [0.4, 0.5) is 17.1 Å². The first-order valence-electron chi connectivity index (χ1n) is 7.86. The maximum atomic E-state index is 12.1. The van der Waals surface area contributed by atoms with Crippen LogP contribution in [-0.2, 0) is 11.8 Å². The highest BCUT2D eigenvalue weighted by molar-refractivity contribution is 7.99. The van der Waals surface area contributed by atoms with E-state index in [0.29, 0.717) is 22.4 Å². The molecule has 1 aromatic heterocycles. The molecule has 0 aliphatic rings. The van der Waals surface area contributed by atoms with Gasteiger partial charge in [-0.1, -0.05) is 30.0 Å². The average molecular weight is 384 g/mol. The normalized spacial score (nSPS) is 10.6. The van der Waals surface area contributed by atoms with Crippen LogP contribution in [0.15, 0.2) is 53.7 Å². The van der Waals surface area contributed by atoms with Gasteiger partial charge in [0.15, 0.2) is 11.0 Å². The lowest BCUT2D eigenvalue weighted by molar-refractivity contribution is -0.384. The second kappa shape index (κ2) is 7.87. The van der Waals surface area contributed by atoms with E-state index in [2.05, 4.69) is 15.5 Å². The first-order chi connectivity index (χ1) is 12.9. The number of nitro groups is 1. The third-order valence-electron chi connectivity index (χ3n) is 3.65. The highest BCUT2D eigenvalue weighted by atomic mass is 32.2. The number of nitrogen functional groups attached to an aromatic ring is 1. The van der Waals surface area contributed by atoms with Crippen molar-refractivity contribution in [2.45, 2.75) is 5.16 Å². The summed E-state index contributed by atoms with van der Waals surface area (Å²) in [6.07, 6.45) is 0. The van der Waals surface area contributed by atoms with Crippen molar-refractivity contribution >= 4 is 34.7 Å². The Morgan fingerprint density at radius 2 is 2.04 bits per heavy atom. The monoisotopic (exact) mass is 384 g/mol. The van der Waals surface area contributed by atoms with Crippen LogP contribution >= 0.6 is 11.8 Å². The van der Waals surface area contributed by atoms with Gasteiger partial charge in [0.05, 0.1) is 10.7 Å². The molecule has 1 heterocycles. The summed E-state index contributed by atoms with van der Waals surface area (Å²) in [6, 6.07) is 13.1. The van der Waals surface area contributed by atoms with Crippen LogP contribution in [0.3, 0.4) is 0 Å². The van der Waals surface area contributed by atoms with Gasteiger partial charge in [0, 0.05) is 36.1 Å². The number of anilines is 2. The van der Waals surface area contributed by atoms with Crippen LogP contribution in [0.1, 0.15) is 0 Å². The smallest absolute Gasteiger partial charge is 0.271 e. The number of rotatable bonds is 6. The minimum atomic E-state index is -0.512. The summed E-state index contributed by atoms with van der Waals surface area (Å²) >= 11 is 1.22. The third-order valence-corrected chi connectivity index (χ3v) is 4.67. The van der Waals surface area contributed by atoms with Crippen LogP contribution in [0.25, 0.3) is 11.4 Å². The van der Waals surface area contributed by atoms with Gasteiger partial charge >= 0.3 is 0 Å². The Morgan fingerprint density at radius 1 is 1.26 bits per heavy atom. The fraction of sp³-hybridized carbons (Fsp3) is 0.118. The SMILES string of the molecule is Cn1c(SCC(=O)Nc2cccc([N+](=O)[O-])c2)nnc1-c1cccc(N)c1. The molecule has 138 valence electrons. The largest absolute Gasteiger partial charge is 0.399 e.